The van der Waals surface area contributed by atoms with Gasteiger partial charge in [0.15, 0.2) is 0 Å². The minimum Gasteiger partial charge on any atom is -0.339 e. The summed E-state index contributed by atoms with van der Waals surface area (Å²) in [6.07, 6.45) is 5.92. The van der Waals surface area contributed by atoms with Crippen LogP contribution in [0.25, 0.3) is 0 Å². The lowest BCUT2D eigenvalue weighted by Gasteiger charge is -2.38. The topological polar surface area (TPSA) is 49.3 Å². The van der Waals surface area contributed by atoms with Crippen LogP contribution in [0.5, 0.6) is 0 Å². The number of likely N-dealkylation sites (tertiary alicyclic amines) is 1. The second-order valence-electron chi connectivity index (χ2n) is 7.22. The van der Waals surface area contributed by atoms with Crippen molar-refractivity contribution in [3.05, 3.63) is 53.3 Å². The molecule has 5 heteroatoms. The van der Waals surface area contributed by atoms with Crippen LogP contribution in [0.4, 0.5) is 5.95 Å². The number of hydrogen-bond acceptors (Lipinski definition) is 4. The summed E-state index contributed by atoms with van der Waals surface area (Å²) in [5.41, 5.74) is 2.94. The van der Waals surface area contributed by atoms with Crippen molar-refractivity contribution in [2.75, 3.05) is 24.5 Å². The summed E-state index contributed by atoms with van der Waals surface area (Å²) in [5, 5.41) is 0. The van der Waals surface area contributed by atoms with Crippen molar-refractivity contribution in [2.24, 2.45) is 5.92 Å². The Morgan fingerprint density at radius 3 is 2.56 bits per heavy atom. The number of hydrogen-bond donors (Lipinski definition) is 0. The lowest BCUT2D eigenvalue weighted by Crippen LogP contribution is -2.50. The van der Waals surface area contributed by atoms with Crippen molar-refractivity contribution in [1.82, 2.24) is 14.9 Å². The number of anilines is 1. The van der Waals surface area contributed by atoms with Crippen LogP contribution in [-0.4, -0.2) is 46.5 Å². The second kappa shape index (κ2) is 6.47. The molecule has 2 saturated heterocycles. The Bertz CT molecular complexity index is 774. The number of nitrogens with zero attached hydrogens (tertiary/aromatic N) is 4. The number of aromatic nitrogens is 2. The first kappa shape index (κ1) is 16.1. The number of amides is 1. The van der Waals surface area contributed by atoms with E-state index in [0.29, 0.717) is 5.92 Å². The first-order valence-electron chi connectivity index (χ1n) is 9.03. The molecule has 5 nitrogen and oxygen atoms in total. The Hall–Kier alpha value is -2.43. The molecule has 1 amide bonds. The summed E-state index contributed by atoms with van der Waals surface area (Å²) in [4.78, 5) is 26.3. The molecular formula is C20H24N4O. The van der Waals surface area contributed by atoms with Gasteiger partial charge in [-0.05, 0) is 49.8 Å². The van der Waals surface area contributed by atoms with E-state index in [9.17, 15) is 4.79 Å². The van der Waals surface area contributed by atoms with Gasteiger partial charge in [-0.1, -0.05) is 18.2 Å². The number of carbonyl (C=O) groups is 1. The lowest BCUT2D eigenvalue weighted by atomic mass is 9.92. The van der Waals surface area contributed by atoms with E-state index in [-0.39, 0.29) is 11.9 Å². The van der Waals surface area contributed by atoms with Gasteiger partial charge in [-0.2, -0.15) is 0 Å². The highest BCUT2D eigenvalue weighted by Gasteiger charge is 2.41. The maximum atomic E-state index is 13.1. The van der Waals surface area contributed by atoms with Gasteiger partial charge in [0, 0.05) is 37.6 Å². The highest BCUT2D eigenvalue weighted by molar-refractivity contribution is 5.96. The third-order valence-electron chi connectivity index (χ3n) is 5.55. The normalized spacial score (nSPS) is 22.8. The molecule has 2 aromatic rings. The molecule has 0 N–H and O–H groups in total. The van der Waals surface area contributed by atoms with Crippen molar-refractivity contribution >= 4 is 11.9 Å². The molecule has 2 fully saturated rings. The third kappa shape index (κ3) is 2.99. The fraction of sp³-hybridized carbons (Fsp3) is 0.450. The Morgan fingerprint density at radius 2 is 1.80 bits per heavy atom. The van der Waals surface area contributed by atoms with Gasteiger partial charge in [-0.25, -0.2) is 9.97 Å². The SMILES string of the molecule is Cc1cnc(N2CCC3CCN(C(=O)c4ccccc4C)C3C2)nc1. The van der Waals surface area contributed by atoms with Crippen molar-refractivity contribution in [1.29, 1.82) is 0 Å². The van der Waals surface area contributed by atoms with Gasteiger partial charge in [0.2, 0.25) is 5.95 Å². The summed E-state index contributed by atoms with van der Waals surface area (Å²) in [5.74, 6) is 1.53. The van der Waals surface area contributed by atoms with E-state index < -0.39 is 0 Å². The molecule has 0 bridgehead atoms. The van der Waals surface area contributed by atoms with E-state index in [2.05, 4.69) is 19.8 Å². The molecule has 25 heavy (non-hydrogen) atoms. The Morgan fingerprint density at radius 1 is 1.08 bits per heavy atom. The molecule has 2 aliphatic rings. The number of aryl methyl sites for hydroxylation is 2. The highest BCUT2D eigenvalue weighted by atomic mass is 16.2. The summed E-state index contributed by atoms with van der Waals surface area (Å²) in [6.45, 7) is 6.65. The van der Waals surface area contributed by atoms with Crippen LogP contribution in [0.15, 0.2) is 36.7 Å². The molecule has 2 aliphatic heterocycles. The number of fused-ring (bicyclic) bond motifs is 1. The fourth-order valence-electron chi connectivity index (χ4n) is 4.09. The molecule has 130 valence electrons. The summed E-state index contributed by atoms with van der Waals surface area (Å²) >= 11 is 0. The smallest absolute Gasteiger partial charge is 0.254 e. The molecule has 0 radical (unpaired) electrons. The highest BCUT2D eigenvalue weighted by Crippen LogP contribution is 2.34. The van der Waals surface area contributed by atoms with Crippen LogP contribution in [0.3, 0.4) is 0 Å². The van der Waals surface area contributed by atoms with Gasteiger partial charge in [0.25, 0.3) is 5.91 Å². The molecule has 1 aromatic carbocycles. The van der Waals surface area contributed by atoms with Crippen LogP contribution in [0, 0.1) is 19.8 Å². The van der Waals surface area contributed by atoms with E-state index in [1.165, 1.54) is 0 Å². The molecule has 2 unspecified atom stereocenters. The maximum Gasteiger partial charge on any atom is 0.254 e. The van der Waals surface area contributed by atoms with E-state index in [1.54, 1.807) is 0 Å². The van der Waals surface area contributed by atoms with E-state index >= 15 is 0 Å². The van der Waals surface area contributed by atoms with Gasteiger partial charge in [0.1, 0.15) is 0 Å². The van der Waals surface area contributed by atoms with Crippen molar-refractivity contribution in [2.45, 2.75) is 32.7 Å². The Kier molecular flexibility index (Phi) is 4.15. The quantitative estimate of drug-likeness (QED) is 0.846. The van der Waals surface area contributed by atoms with Gasteiger partial charge in [0.05, 0.1) is 6.04 Å². The van der Waals surface area contributed by atoms with Crippen LogP contribution in [-0.2, 0) is 0 Å². The zero-order valence-electron chi connectivity index (χ0n) is 14.9. The van der Waals surface area contributed by atoms with Gasteiger partial charge in [-0.3, -0.25) is 4.79 Å². The third-order valence-corrected chi connectivity index (χ3v) is 5.55. The van der Waals surface area contributed by atoms with E-state index in [1.807, 2.05) is 50.5 Å². The zero-order chi connectivity index (χ0) is 17.4. The van der Waals surface area contributed by atoms with Crippen molar-refractivity contribution in [3.63, 3.8) is 0 Å². The van der Waals surface area contributed by atoms with Gasteiger partial charge < -0.3 is 9.80 Å². The van der Waals surface area contributed by atoms with E-state index in [0.717, 1.165) is 55.1 Å². The molecular weight excluding hydrogens is 312 g/mol. The molecule has 0 saturated carbocycles. The predicted molar refractivity (Wildman–Crippen MR) is 97.7 cm³/mol. The average Bonchev–Trinajstić information content (AvgIpc) is 3.05. The molecule has 1 aromatic heterocycles. The monoisotopic (exact) mass is 336 g/mol. The minimum atomic E-state index is 0.164. The minimum absolute atomic E-state index is 0.164. The lowest BCUT2D eigenvalue weighted by molar-refractivity contribution is 0.0711. The van der Waals surface area contributed by atoms with Crippen LogP contribution < -0.4 is 4.90 Å². The van der Waals surface area contributed by atoms with Gasteiger partial charge >= 0.3 is 0 Å². The molecule has 2 atom stereocenters. The Labute approximate surface area is 148 Å². The standard InChI is InChI=1S/C20H24N4O/c1-14-11-21-20(22-12-14)23-9-7-16-8-10-24(18(16)13-23)19(25)17-6-4-3-5-15(17)2/h3-6,11-12,16,18H,7-10,13H2,1-2H3. The number of piperidine rings is 1. The summed E-state index contributed by atoms with van der Waals surface area (Å²) < 4.78 is 0. The zero-order valence-corrected chi connectivity index (χ0v) is 14.9. The summed E-state index contributed by atoms with van der Waals surface area (Å²) in [6, 6.07) is 8.13. The largest absolute Gasteiger partial charge is 0.339 e. The number of benzene rings is 1. The summed E-state index contributed by atoms with van der Waals surface area (Å²) in [7, 11) is 0. The molecule has 3 heterocycles. The average molecular weight is 336 g/mol. The number of carbonyl (C=O) groups excluding carboxylic acids is 1. The molecule has 4 rings (SSSR count). The van der Waals surface area contributed by atoms with Gasteiger partial charge in [-0.15, -0.1) is 0 Å². The van der Waals surface area contributed by atoms with Crippen molar-refractivity contribution < 1.29 is 4.79 Å². The van der Waals surface area contributed by atoms with Crippen LogP contribution >= 0.6 is 0 Å². The van der Waals surface area contributed by atoms with E-state index in [4.69, 9.17) is 0 Å². The first-order chi connectivity index (χ1) is 12.1. The predicted octanol–water partition coefficient (Wildman–Crippen LogP) is 2.83. The van der Waals surface area contributed by atoms with Crippen molar-refractivity contribution in [3.8, 4) is 0 Å². The van der Waals surface area contributed by atoms with Crippen LogP contribution in [0.2, 0.25) is 0 Å². The second-order valence-corrected chi connectivity index (χ2v) is 7.22. The first-order valence-corrected chi connectivity index (χ1v) is 9.03. The van der Waals surface area contributed by atoms with Crippen LogP contribution in [0.1, 0.15) is 34.3 Å². The number of rotatable bonds is 2. The molecule has 0 spiro atoms. The molecule has 0 aliphatic carbocycles. The fourth-order valence-corrected chi connectivity index (χ4v) is 4.09. The Balaban J connectivity index is 1.55. The maximum absolute atomic E-state index is 13.1.